The van der Waals surface area contributed by atoms with Gasteiger partial charge in [0.05, 0.1) is 0 Å². The van der Waals surface area contributed by atoms with Crippen molar-refractivity contribution in [3.63, 3.8) is 0 Å². The van der Waals surface area contributed by atoms with E-state index in [0.29, 0.717) is 22.5 Å². The maximum Gasteiger partial charge on any atom is 0.251 e. The summed E-state index contributed by atoms with van der Waals surface area (Å²) in [5.41, 5.74) is 1.16. The summed E-state index contributed by atoms with van der Waals surface area (Å²) in [7, 11) is 0. The molecule has 1 aromatic rings. The van der Waals surface area contributed by atoms with Crippen molar-refractivity contribution >= 4 is 21.8 Å². The van der Waals surface area contributed by atoms with E-state index >= 15 is 0 Å². The molecule has 1 atom stereocenters. The summed E-state index contributed by atoms with van der Waals surface area (Å²) >= 11 is 3.52. The number of carbonyl (C=O) groups is 1. The number of nitrogens with one attached hydrogen (secondary N) is 1. The van der Waals surface area contributed by atoms with Gasteiger partial charge in [-0.25, -0.2) is 0 Å². The average Bonchev–Trinajstić information content (AvgIpc) is 2.32. The Morgan fingerprint density at radius 2 is 2.24 bits per heavy atom. The molecule has 0 heterocycles. The quantitative estimate of drug-likeness (QED) is 0.821. The van der Waals surface area contributed by atoms with E-state index < -0.39 is 0 Å². The Kier molecular flexibility index (Phi) is 5.48. The van der Waals surface area contributed by atoms with Crippen LogP contribution < -0.4 is 5.32 Å². The van der Waals surface area contributed by atoms with Crippen molar-refractivity contribution in [2.45, 2.75) is 31.5 Å². The number of aromatic hydroxyl groups is 1. The molecule has 0 saturated carbocycles. The lowest BCUT2D eigenvalue weighted by Gasteiger charge is -2.10. The molecule has 0 saturated heterocycles. The average molecular weight is 300 g/mol. The van der Waals surface area contributed by atoms with Gasteiger partial charge in [-0.15, -0.1) is 0 Å². The molecule has 0 radical (unpaired) electrons. The number of benzene rings is 1. The zero-order chi connectivity index (χ0) is 12.8. The van der Waals surface area contributed by atoms with Crippen molar-refractivity contribution in [1.82, 2.24) is 5.32 Å². The van der Waals surface area contributed by atoms with Crippen LogP contribution in [0.2, 0.25) is 0 Å². The Hall–Kier alpha value is -1.03. The van der Waals surface area contributed by atoms with Crippen LogP contribution in [-0.2, 0) is 0 Å². The van der Waals surface area contributed by atoms with Gasteiger partial charge in [-0.3, -0.25) is 4.79 Å². The molecule has 17 heavy (non-hydrogen) atoms. The molecule has 1 amide bonds. The van der Waals surface area contributed by atoms with Crippen molar-refractivity contribution in [1.29, 1.82) is 0 Å². The fourth-order valence-electron chi connectivity index (χ4n) is 1.51. The standard InChI is InChI=1S/C13H18BrNO2/c1-3-10(14)7-8-15-13(17)11-5-4-6-12(16)9(11)2/h4-6,10,16H,3,7-8H2,1-2H3,(H,15,17). The van der Waals surface area contributed by atoms with Gasteiger partial charge in [0.1, 0.15) is 5.75 Å². The minimum atomic E-state index is -0.130. The molecule has 0 aliphatic rings. The first kappa shape index (κ1) is 14.0. The van der Waals surface area contributed by atoms with E-state index in [9.17, 15) is 9.90 Å². The van der Waals surface area contributed by atoms with Gasteiger partial charge in [0.25, 0.3) is 5.91 Å². The third-order valence-electron chi connectivity index (χ3n) is 2.74. The summed E-state index contributed by atoms with van der Waals surface area (Å²) in [5, 5.41) is 12.4. The van der Waals surface area contributed by atoms with Gasteiger partial charge in [-0.1, -0.05) is 28.9 Å². The predicted molar refractivity (Wildman–Crippen MR) is 72.8 cm³/mol. The summed E-state index contributed by atoms with van der Waals surface area (Å²) < 4.78 is 0. The number of hydrogen-bond acceptors (Lipinski definition) is 2. The van der Waals surface area contributed by atoms with Gasteiger partial charge < -0.3 is 10.4 Å². The molecule has 1 aromatic carbocycles. The van der Waals surface area contributed by atoms with E-state index in [1.807, 2.05) is 0 Å². The molecular formula is C13H18BrNO2. The molecule has 0 aliphatic carbocycles. The van der Waals surface area contributed by atoms with Crippen LogP contribution in [0, 0.1) is 6.92 Å². The molecule has 3 nitrogen and oxygen atoms in total. The maximum atomic E-state index is 11.9. The number of carbonyl (C=O) groups excluding carboxylic acids is 1. The molecule has 0 aliphatic heterocycles. The fraction of sp³-hybridized carbons (Fsp3) is 0.462. The number of halogens is 1. The Balaban J connectivity index is 2.56. The summed E-state index contributed by atoms with van der Waals surface area (Å²) in [6, 6.07) is 4.98. The molecule has 1 unspecified atom stereocenters. The Morgan fingerprint density at radius 1 is 1.53 bits per heavy atom. The van der Waals surface area contributed by atoms with E-state index in [1.165, 1.54) is 0 Å². The van der Waals surface area contributed by atoms with Crippen LogP contribution in [0.3, 0.4) is 0 Å². The smallest absolute Gasteiger partial charge is 0.251 e. The van der Waals surface area contributed by atoms with E-state index in [1.54, 1.807) is 25.1 Å². The number of alkyl halides is 1. The largest absolute Gasteiger partial charge is 0.508 e. The Labute approximate surface area is 110 Å². The van der Waals surface area contributed by atoms with Crippen molar-refractivity contribution in [2.24, 2.45) is 0 Å². The summed E-state index contributed by atoms with van der Waals surface area (Å²) in [5.74, 6) is 0.0266. The summed E-state index contributed by atoms with van der Waals surface area (Å²) in [6.45, 7) is 4.47. The van der Waals surface area contributed by atoms with Crippen LogP contribution in [0.4, 0.5) is 0 Å². The van der Waals surface area contributed by atoms with Crippen molar-refractivity contribution in [3.05, 3.63) is 29.3 Å². The third-order valence-corrected chi connectivity index (χ3v) is 3.84. The fourth-order valence-corrected chi connectivity index (χ4v) is 1.74. The molecule has 4 heteroatoms. The lowest BCUT2D eigenvalue weighted by Crippen LogP contribution is -2.26. The molecule has 0 aromatic heterocycles. The van der Waals surface area contributed by atoms with Gasteiger partial charge >= 0.3 is 0 Å². The van der Waals surface area contributed by atoms with Crippen LogP contribution in [-0.4, -0.2) is 22.4 Å². The van der Waals surface area contributed by atoms with Crippen molar-refractivity contribution in [2.75, 3.05) is 6.54 Å². The monoisotopic (exact) mass is 299 g/mol. The van der Waals surface area contributed by atoms with E-state index in [4.69, 9.17) is 0 Å². The second kappa shape index (κ2) is 6.64. The first-order valence-corrected chi connectivity index (χ1v) is 6.68. The minimum Gasteiger partial charge on any atom is -0.508 e. The first-order valence-electron chi connectivity index (χ1n) is 5.77. The van der Waals surface area contributed by atoms with Gasteiger partial charge in [-0.2, -0.15) is 0 Å². The van der Waals surface area contributed by atoms with E-state index in [-0.39, 0.29) is 11.7 Å². The van der Waals surface area contributed by atoms with Gasteiger partial charge in [0, 0.05) is 22.5 Å². The number of hydrogen-bond donors (Lipinski definition) is 2. The second-order valence-corrected chi connectivity index (χ2v) is 5.29. The van der Waals surface area contributed by atoms with Gasteiger partial charge in [0.2, 0.25) is 0 Å². The highest BCUT2D eigenvalue weighted by Gasteiger charge is 2.11. The zero-order valence-corrected chi connectivity index (χ0v) is 11.8. The lowest BCUT2D eigenvalue weighted by molar-refractivity contribution is 0.0952. The molecule has 0 fully saturated rings. The van der Waals surface area contributed by atoms with Crippen LogP contribution in [0.25, 0.3) is 0 Å². The highest BCUT2D eigenvalue weighted by molar-refractivity contribution is 9.09. The zero-order valence-electron chi connectivity index (χ0n) is 10.2. The maximum absolute atomic E-state index is 11.9. The van der Waals surface area contributed by atoms with Crippen LogP contribution in [0.1, 0.15) is 35.7 Å². The van der Waals surface area contributed by atoms with Crippen molar-refractivity contribution in [3.8, 4) is 5.75 Å². The van der Waals surface area contributed by atoms with Gasteiger partial charge in [-0.05, 0) is 31.9 Å². The highest BCUT2D eigenvalue weighted by Crippen LogP contribution is 2.19. The molecule has 0 bridgehead atoms. The molecule has 0 spiro atoms. The number of phenols is 1. The predicted octanol–water partition coefficient (Wildman–Crippen LogP) is 2.99. The molecule has 1 rings (SSSR count). The normalized spacial score (nSPS) is 12.2. The lowest BCUT2D eigenvalue weighted by atomic mass is 10.1. The number of rotatable bonds is 5. The van der Waals surface area contributed by atoms with Crippen molar-refractivity contribution < 1.29 is 9.90 Å². The van der Waals surface area contributed by atoms with Crippen LogP contribution in [0.15, 0.2) is 18.2 Å². The second-order valence-electron chi connectivity index (χ2n) is 4.00. The van der Waals surface area contributed by atoms with E-state index in [0.717, 1.165) is 12.8 Å². The van der Waals surface area contributed by atoms with E-state index in [2.05, 4.69) is 28.2 Å². The molecule has 94 valence electrons. The Morgan fingerprint density at radius 3 is 2.88 bits per heavy atom. The topological polar surface area (TPSA) is 49.3 Å². The molecule has 2 N–H and O–H groups in total. The van der Waals surface area contributed by atoms with Crippen LogP contribution >= 0.6 is 15.9 Å². The summed E-state index contributed by atoms with van der Waals surface area (Å²) in [6.07, 6.45) is 1.95. The third kappa shape index (κ3) is 4.04. The highest BCUT2D eigenvalue weighted by atomic mass is 79.9. The first-order chi connectivity index (χ1) is 8.06. The Bertz CT molecular complexity index is 393. The van der Waals surface area contributed by atoms with Gasteiger partial charge in [0.15, 0.2) is 0 Å². The number of amides is 1. The SMILES string of the molecule is CCC(Br)CCNC(=O)c1cccc(O)c1C. The van der Waals surface area contributed by atoms with Crippen LogP contribution in [0.5, 0.6) is 5.75 Å². The molecular weight excluding hydrogens is 282 g/mol. The minimum absolute atomic E-state index is 0.130. The number of phenolic OH excluding ortho intramolecular Hbond substituents is 1. The summed E-state index contributed by atoms with van der Waals surface area (Å²) in [4.78, 5) is 12.3.